The zero-order chi connectivity index (χ0) is 17.1. The maximum atomic E-state index is 12.1. The first-order chi connectivity index (χ1) is 11.5. The Morgan fingerprint density at radius 2 is 1.79 bits per heavy atom. The van der Waals surface area contributed by atoms with E-state index >= 15 is 0 Å². The van der Waals surface area contributed by atoms with E-state index in [1.165, 1.54) is 12.1 Å². The van der Waals surface area contributed by atoms with E-state index in [0.29, 0.717) is 31.1 Å². The van der Waals surface area contributed by atoms with Gasteiger partial charge in [0.1, 0.15) is 0 Å². The second-order valence-corrected chi connectivity index (χ2v) is 5.90. The van der Waals surface area contributed by atoms with Gasteiger partial charge < -0.3 is 14.8 Å². The van der Waals surface area contributed by atoms with Crippen molar-refractivity contribution in [1.82, 2.24) is 16.2 Å². The van der Waals surface area contributed by atoms with E-state index in [9.17, 15) is 14.4 Å². The smallest absolute Gasteiger partial charge is 0.327 e. The lowest BCUT2D eigenvalue weighted by Crippen LogP contribution is -2.49. The molecule has 1 fully saturated rings. The van der Waals surface area contributed by atoms with Gasteiger partial charge in [0, 0.05) is 18.0 Å². The number of hydrazine groups is 1. The molecular weight excluding hydrogens is 338 g/mol. The highest BCUT2D eigenvalue weighted by Gasteiger charge is 2.26. The molecule has 0 aromatic heterocycles. The van der Waals surface area contributed by atoms with Crippen molar-refractivity contribution in [3.05, 3.63) is 22.7 Å². The molecule has 2 aliphatic rings. The average molecular weight is 354 g/mol. The minimum absolute atomic E-state index is 0.0551. The molecule has 1 aromatic rings. The maximum Gasteiger partial charge on any atom is 0.327 e. The van der Waals surface area contributed by atoms with Gasteiger partial charge in [-0.05, 0) is 25.0 Å². The van der Waals surface area contributed by atoms with Gasteiger partial charge in [0.15, 0.2) is 11.5 Å². The van der Waals surface area contributed by atoms with Crippen LogP contribution in [0, 0.1) is 0 Å². The number of nitrogens with one attached hydrogen (secondary N) is 3. The van der Waals surface area contributed by atoms with Crippen molar-refractivity contribution in [2.45, 2.75) is 25.3 Å². The summed E-state index contributed by atoms with van der Waals surface area (Å²) < 4.78 is 11.0. The van der Waals surface area contributed by atoms with Crippen LogP contribution in [0.15, 0.2) is 12.1 Å². The number of halogens is 1. The predicted molar refractivity (Wildman–Crippen MR) is 83.8 cm³/mol. The molecule has 0 atom stereocenters. The molecule has 8 nitrogen and oxygen atoms in total. The summed E-state index contributed by atoms with van der Waals surface area (Å²) in [4.78, 5) is 35.2. The van der Waals surface area contributed by atoms with Crippen LogP contribution >= 0.6 is 11.6 Å². The summed E-state index contributed by atoms with van der Waals surface area (Å²) in [5, 5.41) is 2.75. The fourth-order valence-corrected chi connectivity index (χ4v) is 2.35. The molecule has 9 heteroatoms. The van der Waals surface area contributed by atoms with Crippen molar-refractivity contribution in [3.8, 4) is 11.5 Å². The third-order valence-electron chi connectivity index (χ3n) is 3.47. The number of rotatable bonds is 2. The number of ether oxygens (including phenoxy) is 2. The molecule has 128 valence electrons. The van der Waals surface area contributed by atoms with Gasteiger partial charge in [-0.1, -0.05) is 11.6 Å². The van der Waals surface area contributed by atoms with E-state index in [0.717, 1.165) is 12.8 Å². The molecule has 0 unspecified atom stereocenters. The number of benzene rings is 1. The van der Waals surface area contributed by atoms with Crippen LogP contribution in [0.1, 0.15) is 29.6 Å². The van der Waals surface area contributed by atoms with Gasteiger partial charge in [0.2, 0.25) is 0 Å². The zero-order valence-electron chi connectivity index (χ0n) is 12.7. The number of hydrogen-bond acceptors (Lipinski definition) is 5. The molecule has 1 aliphatic heterocycles. The Hall–Kier alpha value is -2.48. The van der Waals surface area contributed by atoms with Crippen LogP contribution in [0.3, 0.4) is 0 Å². The van der Waals surface area contributed by atoms with E-state index < -0.39 is 17.7 Å². The Kier molecular flexibility index (Phi) is 4.75. The van der Waals surface area contributed by atoms with Crippen molar-refractivity contribution in [1.29, 1.82) is 0 Å². The van der Waals surface area contributed by atoms with Crippen LogP contribution in [0.2, 0.25) is 5.02 Å². The van der Waals surface area contributed by atoms with Crippen molar-refractivity contribution in [2.24, 2.45) is 0 Å². The summed E-state index contributed by atoms with van der Waals surface area (Å²) >= 11 is 6.10. The Balaban J connectivity index is 1.62. The second-order valence-electron chi connectivity index (χ2n) is 5.49. The Bertz CT molecular complexity index is 690. The van der Waals surface area contributed by atoms with Crippen molar-refractivity contribution >= 4 is 29.3 Å². The lowest BCUT2D eigenvalue weighted by atomic mass is 10.2. The number of amides is 3. The van der Waals surface area contributed by atoms with Crippen LogP contribution in [0.25, 0.3) is 0 Å². The first-order valence-corrected chi connectivity index (χ1v) is 7.92. The summed E-state index contributed by atoms with van der Waals surface area (Å²) in [7, 11) is 0. The zero-order valence-corrected chi connectivity index (χ0v) is 13.4. The number of carbonyl (C=O) groups excluding carboxylic acids is 3. The highest BCUT2D eigenvalue weighted by Crippen LogP contribution is 2.37. The van der Waals surface area contributed by atoms with Crippen LogP contribution in [0.5, 0.6) is 11.5 Å². The largest absolute Gasteiger partial charge is 0.489 e. The minimum Gasteiger partial charge on any atom is -0.489 e. The summed E-state index contributed by atoms with van der Waals surface area (Å²) in [5.74, 6) is -1.59. The molecule has 1 aliphatic carbocycles. The molecular formula is C15H16ClN3O5. The Morgan fingerprint density at radius 1 is 1.04 bits per heavy atom. The quantitative estimate of drug-likeness (QED) is 0.531. The molecule has 3 amide bonds. The highest BCUT2D eigenvalue weighted by atomic mass is 35.5. The van der Waals surface area contributed by atoms with E-state index in [1.54, 1.807) is 0 Å². The lowest BCUT2D eigenvalue weighted by Gasteiger charge is -2.12. The summed E-state index contributed by atoms with van der Waals surface area (Å²) in [6.45, 7) is 0.927. The summed E-state index contributed by atoms with van der Waals surface area (Å²) in [5.41, 5.74) is 4.40. The molecule has 1 saturated carbocycles. The second kappa shape index (κ2) is 6.96. The molecule has 3 rings (SSSR count). The van der Waals surface area contributed by atoms with Crippen molar-refractivity contribution in [2.75, 3.05) is 13.2 Å². The lowest BCUT2D eigenvalue weighted by molar-refractivity contribution is -0.139. The molecule has 0 bridgehead atoms. The first kappa shape index (κ1) is 16.4. The van der Waals surface area contributed by atoms with E-state index in [4.69, 9.17) is 21.1 Å². The van der Waals surface area contributed by atoms with E-state index in [1.807, 2.05) is 0 Å². The van der Waals surface area contributed by atoms with Gasteiger partial charge in [-0.2, -0.15) is 0 Å². The van der Waals surface area contributed by atoms with Gasteiger partial charge in [-0.3, -0.25) is 25.2 Å². The van der Waals surface area contributed by atoms with Gasteiger partial charge in [0.25, 0.3) is 5.91 Å². The Labute approximate surface area is 142 Å². The predicted octanol–water partition coefficient (Wildman–Crippen LogP) is 0.541. The van der Waals surface area contributed by atoms with Gasteiger partial charge in [0.05, 0.1) is 18.2 Å². The maximum absolute atomic E-state index is 12.1. The SMILES string of the molecule is O=C(NNC(=O)c1cc(Cl)c2c(c1)OCCCO2)C(=O)NC1CC1. The number of hydrogen-bond donors (Lipinski definition) is 3. The van der Waals surface area contributed by atoms with Crippen molar-refractivity contribution < 1.29 is 23.9 Å². The van der Waals surface area contributed by atoms with Gasteiger partial charge >= 0.3 is 11.8 Å². The van der Waals surface area contributed by atoms with Gasteiger partial charge in [-0.25, -0.2) is 0 Å². The van der Waals surface area contributed by atoms with Crippen LogP contribution < -0.4 is 25.6 Å². The molecule has 0 radical (unpaired) electrons. The van der Waals surface area contributed by atoms with E-state index in [-0.39, 0.29) is 16.6 Å². The minimum atomic E-state index is -0.935. The third-order valence-corrected chi connectivity index (χ3v) is 3.75. The highest BCUT2D eigenvalue weighted by molar-refractivity contribution is 6.35. The summed E-state index contributed by atoms with van der Waals surface area (Å²) in [6, 6.07) is 2.93. The summed E-state index contributed by atoms with van der Waals surface area (Å²) in [6.07, 6.45) is 2.43. The fraction of sp³-hybridized carbons (Fsp3) is 0.400. The van der Waals surface area contributed by atoms with Gasteiger partial charge in [-0.15, -0.1) is 0 Å². The van der Waals surface area contributed by atoms with Crippen LogP contribution in [0.4, 0.5) is 0 Å². The fourth-order valence-electron chi connectivity index (χ4n) is 2.08. The number of carbonyl (C=O) groups is 3. The van der Waals surface area contributed by atoms with Crippen LogP contribution in [-0.4, -0.2) is 37.0 Å². The monoisotopic (exact) mass is 353 g/mol. The standard InChI is InChI=1S/C15H16ClN3O5/c16-10-6-8(7-11-12(10)24-5-1-4-23-11)13(20)18-19-15(22)14(21)17-9-2-3-9/h6-7,9H,1-5H2,(H,17,21)(H,18,20)(H,19,22). The van der Waals surface area contributed by atoms with Crippen LogP contribution in [-0.2, 0) is 9.59 Å². The third kappa shape index (κ3) is 3.88. The molecule has 1 aromatic carbocycles. The van der Waals surface area contributed by atoms with E-state index in [2.05, 4.69) is 16.2 Å². The molecule has 0 saturated heterocycles. The van der Waals surface area contributed by atoms with Crippen molar-refractivity contribution in [3.63, 3.8) is 0 Å². The molecule has 1 heterocycles. The topological polar surface area (TPSA) is 106 Å². The average Bonchev–Trinajstić information content (AvgIpc) is 3.38. The molecule has 0 spiro atoms. The Morgan fingerprint density at radius 3 is 2.54 bits per heavy atom. The molecule has 3 N–H and O–H groups in total. The first-order valence-electron chi connectivity index (χ1n) is 7.55. The normalized spacial score (nSPS) is 15.9. The molecule has 24 heavy (non-hydrogen) atoms. The number of fused-ring (bicyclic) bond motifs is 1.